The maximum absolute atomic E-state index is 13.2. The van der Waals surface area contributed by atoms with Crippen molar-refractivity contribution in [2.45, 2.75) is 168 Å². The van der Waals surface area contributed by atoms with Crippen molar-refractivity contribution in [1.29, 1.82) is 0 Å². The van der Waals surface area contributed by atoms with Crippen molar-refractivity contribution in [2.24, 2.45) is 0 Å². The van der Waals surface area contributed by atoms with E-state index >= 15 is 0 Å². The number of unbranched alkanes of at least 4 members (excludes halogenated alkanes) is 16. The Morgan fingerprint density at radius 2 is 1.42 bits per heavy atom. The van der Waals surface area contributed by atoms with Crippen molar-refractivity contribution in [3.8, 4) is 0 Å². The van der Waals surface area contributed by atoms with Crippen molar-refractivity contribution in [3.05, 3.63) is 17.5 Å². The Morgan fingerprint density at radius 1 is 0.831 bits per heavy atom. The first kappa shape index (κ1) is 53.2. The van der Waals surface area contributed by atoms with Gasteiger partial charge in [0.05, 0.1) is 59.7 Å². The molecule has 1 aliphatic heterocycles. The molecule has 0 amide bonds. The Labute approximate surface area is 360 Å². The van der Waals surface area contributed by atoms with Gasteiger partial charge >= 0.3 is 12.1 Å². The van der Waals surface area contributed by atoms with Crippen molar-refractivity contribution in [2.75, 3.05) is 74.3 Å². The number of ether oxygens (including phenoxy) is 4. The first-order chi connectivity index (χ1) is 28.2. The zero-order valence-electron chi connectivity index (χ0n) is 37.8. The third-order valence-electron chi connectivity index (χ3n) is 10.8. The van der Waals surface area contributed by atoms with Crippen molar-refractivity contribution in [1.82, 2.24) is 8.75 Å². The van der Waals surface area contributed by atoms with Crippen LogP contribution in [-0.2, 0) is 44.0 Å². The molecule has 1 aromatic rings. The summed E-state index contributed by atoms with van der Waals surface area (Å²) in [6.07, 6.45) is 21.8. The van der Waals surface area contributed by atoms with E-state index in [9.17, 15) is 19.0 Å². The number of nitrogens with zero attached hydrogens (tertiary/aromatic N) is 4. The number of carbonyl (C=O) groups excluding carboxylic acids is 2. The molecule has 0 aromatic carbocycles. The van der Waals surface area contributed by atoms with Gasteiger partial charge in [0, 0.05) is 31.9 Å². The summed E-state index contributed by atoms with van der Waals surface area (Å²) in [6, 6.07) is 0. The SMILES string of the molecule is CCCCCCCCCCCCCCCCCC(=O)OCC(COP(=O)([O-])OCC[N+](C)(C)C)OC(=O)O[C@@H](C)[N+]1(C)CCC=C(c2nsnc2COCCCCC)C1. The third-order valence-corrected chi connectivity index (χ3v) is 12.3. The van der Waals surface area contributed by atoms with E-state index in [0.29, 0.717) is 48.2 Å². The second-order valence-corrected chi connectivity index (χ2v) is 19.3. The fourth-order valence-electron chi connectivity index (χ4n) is 6.80. The van der Waals surface area contributed by atoms with Crippen LogP contribution in [0, 0.1) is 0 Å². The van der Waals surface area contributed by atoms with Crippen molar-refractivity contribution in [3.63, 3.8) is 0 Å². The average molecular weight is 876 g/mol. The van der Waals surface area contributed by atoms with Gasteiger partial charge in [0.25, 0.3) is 7.82 Å². The van der Waals surface area contributed by atoms with Crippen LogP contribution in [0.15, 0.2) is 6.08 Å². The summed E-state index contributed by atoms with van der Waals surface area (Å²) in [5.74, 6) is -0.451. The minimum Gasteiger partial charge on any atom is -0.756 e. The quantitative estimate of drug-likeness (QED) is 0.0276. The molecule has 16 heteroatoms. The van der Waals surface area contributed by atoms with Crippen LogP contribution in [-0.4, -0.2) is 116 Å². The van der Waals surface area contributed by atoms with Crippen LogP contribution in [0.5, 0.6) is 0 Å². The summed E-state index contributed by atoms with van der Waals surface area (Å²) < 4.78 is 55.2. The zero-order valence-corrected chi connectivity index (χ0v) is 39.5. The van der Waals surface area contributed by atoms with Gasteiger partial charge in [-0.1, -0.05) is 123 Å². The molecule has 0 saturated heterocycles. The molecule has 3 unspecified atom stereocenters. The topological polar surface area (TPSA) is 155 Å². The molecule has 0 bridgehead atoms. The molecule has 0 N–H and O–H groups in total. The Kier molecular flexibility index (Phi) is 27.2. The van der Waals surface area contributed by atoms with Crippen molar-refractivity contribution < 1.29 is 56.0 Å². The molecule has 0 spiro atoms. The number of likely N-dealkylation sites (N-methyl/N-ethyl adjacent to an activating group) is 2. The first-order valence-electron chi connectivity index (χ1n) is 22.5. The average Bonchev–Trinajstić information content (AvgIpc) is 3.65. The van der Waals surface area contributed by atoms with Crippen LogP contribution >= 0.6 is 19.6 Å². The molecule has 0 fully saturated rings. The Bertz CT molecular complexity index is 1380. The highest BCUT2D eigenvalue weighted by Crippen LogP contribution is 2.38. The smallest absolute Gasteiger partial charge is 0.513 e. The molecule has 1 aromatic heterocycles. The van der Waals surface area contributed by atoms with E-state index < -0.39 is 38.9 Å². The summed E-state index contributed by atoms with van der Waals surface area (Å²) in [5, 5.41) is 0. The van der Waals surface area contributed by atoms with Crippen LogP contribution in [0.4, 0.5) is 4.79 Å². The van der Waals surface area contributed by atoms with Gasteiger partial charge in [0.1, 0.15) is 37.7 Å². The van der Waals surface area contributed by atoms with Gasteiger partial charge in [-0.15, -0.1) is 0 Å². The van der Waals surface area contributed by atoms with Crippen molar-refractivity contribution >= 4 is 37.2 Å². The number of rotatable bonds is 35. The highest BCUT2D eigenvalue weighted by Gasteiger charge is 2.37. The fourth-order valence-corrected chi connectivity index (χ4v) is 8.11. The lowest BCUT2D eigenvalue weighted by Crippen LogP contribution is -2.55. The summed E-state index contributed by atoms with van der Waals surface area (Å²) in [6.45, 7) is 7.86. The second kappa shape index (κ2) is 30.1. The number of hydrogen-bond acceptors (Lipinski definition) is 13. The van der Waals surface area contributed by atoms with Gasteiger partial charge in [0.15, 0.2) is 6.10 Å². The summed E-state index contributed by atoms with van der Waals surface area (Å²) >= 11 is 1.15. The summed E-state index contributed by atoms with van der Waals surface area (Å²) in [5.41, 5.74) is 2.61. The first-order valence-corrected chi connectivity index (χ1v) is 24.7. The number of phosphoric ester groups is 1. The molecule has 342 valence electrons. The molecular formula is C43H80N4O10PS+. The molecule has 0 saturated carbocycles. The highest BCUT2D eigenvalue weighted by molar-refractivity contribution is 7.45. The minimum absolute atomic E-state index is 0.0824. The van der Waals surface area contributed by atoms with Crippen LogP contribution < -0.4 is 4.89 Å². The number of carbonyl (C=O) groups is 2. The van der Waals surface area contributed by atoms with Crippen LogP contribution in [0.25, 0.3) is 5.57 Å². The van der Waals surface area contributed by atoms with Gasteiger partial charge in [-0.2, -0.15) is 8.75 Å². The molecule has 1 aliphatic rings. The molecule has 0 radical (unpaired) electrons. The number of phosphoric acid groups is 1. The predicted molar refractivity (Wildman–Crippen MR) is 231 cm³/mol. The van der Waals surface area contributed by atoms with E-state index in [1.54, 1.807) is 6.92 Å². The van der Waals surface area contributed by atoms with Crippen LogP contribution in [0.1, 0.15) is 161 Å². The number of hydrogen-bond donors (Lipinski definition) is 0. The van der Waals surface area contributed by atoms with Crippen LogP contribution in [0.2, 0.25) is 0 Å². The minimum atomic E-state index is -4.74. The largest absolute Gasteiger partial charge is 0.756 e. The molecule has 2 rings (SSSR count). The molecule has 4 atom stereocenters. The summed E-state index contributed by atoms with van der Waals surface area (Å²) in [4.78, 5) is 38.4. The maximum atomic E-state index is 13.2. The molecular weight excluding hydrogens is 796 g/mol. The zero-order chi connectivity index (χ0) is 43.4. The van der Waals surface area contributed by atoms with E-state index in [2.05, 4.69) is 28.7 Å². The van der Waals surface area contributed by atoms with E-state index in [-0.39, 0.29) is 19.6 Å². The lowest BCUT2D eigenvalue weighted by atomic mass is 10.0. The molecule has 0 aliphatic carbocycles. The Hall–Kier alpha value is -1.97. The maximum Gasteiger partial charge on any atom is 0.513 e. The van der Waals surface area contributed by atoms with Gasteiger partial charge < -0.3 is 37.4 Å². The second-order valence-electron chi connectivity index (χ2n) is 17.4. The highest BCUT2D eigenvalue weighted by atomic mass is 32.1. The van der Waals surface area contributed by atoms with E-state index in [1.165, 1.54) is 70.6 Å². The standard InChI is InChI=1S/C43H80N4O10PS/c1-8-10-12-13-14-15-16-17-18-19-20-21-22-23-24-28-41(48)53-34-39(35-55-58(50,51)54-32-30-46(4,5)6)57-43(49)56-37(3)47(7)29-26-27-38(33-47)42-40(44-59-45-42)36-52-31-25-11-9-2/h27,37,39H,8-26,28-36H2,1-7H3/q+1/t37-,39?,47?/m0/s1. The van der Waals surface area contributed by atoms with Gasteiger partial charge in [-0.05, 0) is 12.8 Å². The Morgan fingerprint density at radius 3 is 2.03 bits per heavy atom. The number of quaternary nitrogens is 2. The number of aromatic nitrogens is 2. The van der Waals surface area contributed by atoms with Gasteiger partial charge in [0.2, 0.25) is 6.23 Å². The monoisotopic (exact) mass is 876 g/mol. The molecule has 59 heavy (non-hydrogen) atoms. The van der Waals surface area contributed by atoms with E-state index in [1.807, 2.05) is 28.2 Å². The van der Waals surface area contributed by atoms with Crippen LogP contribution in [0.3, 0.4) is 0 Å². The Balaban J connectivity index is 1.84. The van der Waals surface area contributed by atoms with E-state index in [4.69, 9.17) is 28.0 Å². The van der Waals surface area contributed by atoms with E-state index in [0.717, 1.165) is 73.6 Å². The molecule has 2 heterocycles. The van der Waals surface area contributed by atoms with Gasteiger partial charge in [-0.25, -0.2) is 4.79 Å². The predicted octanol–water partition coefficient (Wildman–Crippen LogP) is 9.36. The lowest BCUT2D eigenvalue weighted by molar-refractivity contribution is -0.944. The molecule has 14 nitrogen and oxygen atoms in total. The lowest BCUT2D eigenvalue weighted by Gasteiger charge is -2.41. The number of esters is 1. The third kappa shape index (κ3) is 24.9. The fraction of sp³-hybridized carbons (Fsp3) is 0.860. The van der Waals surface area contributed by atoms with Gasteiger partial charge in [-0.3, -0.25) is 13.8 Å². The summed E-state index contributed by atoms with van der Waals surface area (Å²) in [7, 11) is 2.98. The normalized spacial score (nSPS) is 17.9.